The van der Waals surface area contributed by atoms with E-state index in [1.807, 2.05) is 0 Å². The van der Waals surface area contributed by atoms with Crippen molar-refractivity contribution in [1.29, 1.82) is 0 Å². The van der Waals surface area contributed by atoms with E-state index in [-0.39, 0.29) is 6.61 Å². The van der Waals surface area contributed by atoms with Gasteiger partial charge in [-0.15, -0.1) is 11.3 Å². The van der Waals surface area contributed by atoms with E-state index in [1.54, 1.807) is 35.7 Å². The summed E-state index contributed by atoms with van der Waals surface area (Å²) >= 11 is 1.26. The van der Waals surface area contributed by atoms with Crippen molar-refractivity contribution < 1.29 is 23.8 Å². The topological polar surface area (TPSA) is 73.9 Å². The zero-order valence-electron chi connectivity index (χ0n) is 12.1. The van der Waals surface area contributed by atoms with Crippen LogP contribution in [0.2, 0.25) is 0 Å². The number of carbonyl (C=O) groups excluding carboxylic acids is 2. The van der Waals surface area contributed by atoms with Crippen molar-refractivity contribution in [2.24, 2.45) is 0 Å². The van der Waals surface area contributed by atoms with Crippen molar-refractivity contribution in [2.45, 2.75) is 0 Å². The first-order valence-corrected chi connectivity index (χ1v) is 7.24. The number of ether oxygens (including phenoxy) is 3. The molecule has 116 valence electrons. The lowest BCUT2D eigenvalue weighted by molar-refractivity contribution is -0.119. The fourth-order valence-corrected chi connectivity index (χ4v) is 2.32. The number of amides is 1. The lowest BCUT2D eigenvalue weighted by Crippen LogP contribution is -2.20. The highest BCUT2D eigenvalue weighted by Gasteiger charge is 2.12. The average Bonchev–Trinajstić information content (AvgIpc) is 3.07. The molecule has 6 nitrogen and oxygen atoms in total. The Labute approximate surface area is 131 Å². The number of hydrogen-bond donors (Lipinski definition) is 1. The van der Waals surface area contributed by atoms with Gasteiger partial charge in [-0.3, -0.25) is 4.79 Å². The molecule has 7 heteroatoms. The van der Waals surface area contributed by atoms with Gasteiger partial charge in [0, 0.05) is 11.8 Å². The van der Waals surface area contributed by atoms with E-state index in [0.29, 0.717) is 22.1 Å². The number of anilines is 1. The molecule has 2 rings (SSSR count). The molecule has 0 aliphatic heterocycles. The molecule has 2 aromatic rings. The Bertz CT molecular complexity index is 654. The van der Waals surface area contributed by atoms with Crippen LogP contribution in [0.3, 0.4) is 0 Å². The molecule has 0 saturated carbocycles. The summed E-state index contributed by atoms with van der Waals surface area (Å²) < 4.78 is 15.2. The molecule has 1 heterocycles. The van der Waals surface area contributed by atoms with Gasteiger partial charge < -0.3 is 19.5 Å². The van der Waals surface area contributed by atoms with Crippen LogP contribution in [0, 0.1) is 0 Å². The number of rotatable bonds is 6. The van der Waals surface area contributed by atoms with Crippen LogP contribution in [0.5, 0.6) is 11.5 Å². The molecule has 1 N–H and O–H groups in total. The van der Waals surface area contributed by atoms with Gasteiger partial charge in [-0.25, -0.2) is 4.79 Å². The second kappa shape index (κ2) is 7.46. The van der Waals surface area contributed by atoms with Gasteiger partial charge in [0.2, 0.25) is 0 Å². The van der Waals surface area contributed by atoms with E-state index in [2.05, 4.69) is 5.32 Å². The molecule has 22 heavy (non-hydrogen) atoms. The Morgan fingerprint density at radius 3 is 2.55 bits per heavy atom. The minimum atomic E-state index is -0.516. The molecule has 0 bridgehead atoms. The average molecular weight is 321 g/mol. The Balaban J connectivity index is 1.90. The third-order valence-corrected chi connectivity index (χ3v) is 3.57. The summed E-state index contributed by atoms with van der Waals surface area (Å²) in [5, 5.41) is 4.38. The zero-order valence-corrected chi connectivity index (χ0v) is 12.9. The van der Waals surface area contributed by atoms with Crippen molar-refractivity contribution in [1.82, 2.24) is 0 Å². The summed E-state index contributed by atoms with van der Waals surface area (Å²) in [6.45, 7) is -0.356. The maximum atomic E-state index is 11.8. The van der Waals surface area contributed by atoms with Crippen LogP contribution < -0.4 is 14.8 Å². The Morgan fingerprint density at radius 2 is 1.91 bits per heavy atom. The van der Waals surface area contributed by atoms with Crippen LogP contribution in [0.15, 0.2) is 35.7 Å². The van der Waals surface area contributed by atoms with E-state index in [0.717, 1.165) is 0 Å². The number of thiophene rings is 1. The quantitative estimate of drug-likeness (QED) is 0.828. The third kappa shape index (κ3) is 3.98. The summed E-state index contributed by atoms with van der Waals surface area (Å²) in [5.74, 6) is 0.107. The van der Waals surface area contributed by atoms with Crippen molar-refractivity contribution >= 4 is 28.9 Å². The lowest BCUT2D eigenvalue weighted by atomic mass is 10.2. The molecule has 0 unspecified atom stereocenters. The highest BCUT2D eigenvalue weighted by molar-refractivity contribution is 7.11. The molecule has 0 fully saturated rings. The summed E-state index contributed by atoms with van der Waals surface area (Å²) in [6.07, 6.45) is 0. The standard InChI is InChI=1S/C15H15NO5S/c1-19-11-6-5-10(8-12(11)20-2)16-14(17)9-21-15(18)13-4-3-7-22-13/h3-8H,9H2,1-2H3,(H,16,17). The van der Waals surface area contributed by atoms with Crippen LogP contribution in [-0.2, 0) is 9.53 Å². The van der Waals surface area contributed by atoms with E-state index in [1.165, 1.54) is 25.6 Å². The minimum absolute atomic E-state index is 0.356. The van der Waals surface area contributed by atoms with E-state index >= 15 is 0 Å². The molecule has 1 amide bonds. The van der Waals surface area contributed by atoms with Gasteiger partial charge >= 0.3 is 5.97 Å². The van der Waals surface area contributed by atoms with Gasteiger partial charge in [0.15, 0.2) is 18.1 Å². The number of nitrogens with one attached hydrogen (secondary N) is 1. The van der Waals surface area contributed by atoms with Gasteiger partial charge in [-0.1, -0.05) is 6.07 Å². The molecule has 0 aliphatic carbocycles. The second-order valence-corrected chi connectivity index (χ2v) is 5.12. The number of carbonyl (C=O) groups is 2. The first-order chi connectivity index (χ1) is 10.6. The smallest absolute Gasteiger partial charge is 0.348 e. The summed E-state index contributed by atoms with van der Waals surface area (Å²) in [4.78, 5) is 23.9. The first kappa shape index (κ1) is 15.8. The SMILES string of the molecule is COc1ccc(NC(=O)COC(=O)c2cccs2)cc1OC. The largest absolute Gasteiger partial charge is 0.493 e. The number of methoxy groups -OCH3 is 2. The van der Waals surface area contributed by atoms with Gasteiger partial charge in [0.25, 0.3) is 5.91 Å². The Morgan fingerprint density at radius 1 is 1.14 bits per heavy atom. The number of esters is 1. The summed E-state index contributed by atoms with van der Waals surface area (Å²) in [7, 11) is 3.03. The van der Waals surface area contributed by atoms with Gasteiger partial charge in [0.1, 0.15) is 4.88 Å². The van der Waals surface area contributed by atoms with Crippen LogP contribution in [0.1, 0.15) is 9.67 Å². The molecule has 0 aliphatic rings. The summed E-state index contributed by atoms with van der Waals surface area (Å²) in [5.41, 5.74) is 0.523. The van der Waals surface area contributed by atoms with Crippen LogP contribution in [0.25, 0.3) is 0 Å². The molecule has 0 spiro atoms. The second-order valence-electron chi connectivity index (χ2n) is 4.17. The van der Waals surface area contributed by atoms with Crippen LogP contribution in [0.4, 0.5) is 5.69 Å². The molecular weight excluding hydrogens is 306 g/mol. The first-order valence-electron chi connectivity index (χ1n) is 6.36. The highest BCUT2D eigenvalue weighted by atomic mass is 32.1. The molecule has 1 aromatic carbocycles. The molecule has 0 saturated heterocycles. The van der Waals surface area contributed by atoms with Gasteiger partial charge in [-0.2, -0.15) is 0 Å². The molecular formula is C15H15NO5S. The van der Waals surface area contributed by atoms with Crippen molar-refractivity contribution in [2.75, 3.05) is 26.1 Å². The molecule has 1 aromatic heterocycles. The van der Waals surface area contributed by atoms with E-state index in [9.17, 15) is 9.59 Å². The molecule has 0 atom stereocenters. The predicted octanol–water partition coefficient (Wildman–Crippen LogP) is 2.56. The number of hydrogen-bond acceptors (Lipinski definition) is 6. The van der Waals surface area contributed by atoms with Crippen molar-refractivity contribution in [3.8, 4) is 11.5 Å². The molecule has 0 radical (unpaired) electrons. The van der Waals surface area contributed by atoms with Crippen molar-refractivity contribution in [3.05, 3.63) is 40.6 Å². The maximum Gasteiger partial charge on any atom is 0.348 e. The summed E-state index contributed by atoms with van der Waals surface area (Å²) in [6, 6.07) is 8.34. The third-order valence-electron chi connectivity index (χ3n) is 2.72. The fourth-order valence-electron chi connectivity index (χ4n) is 1.71. The van der Waals surface area contributed by atoms with Crippen LogP contribution >= 0.6 is 11.3 Å². The van der Waals surface area contributed by atoms with E-state index < -0.39 is 11.9 Å². The minimum Gasteiger partial charge on any atom is -0.493 e. The Hall–Kier alpha value is -2.54. The van der Waals surface area contributed by atoms with Gasteiger partial charge in [0.05, 0.1) is 14.2 Å². The maximum absolute atomic E-state index is 11.8. The van der Waals surface area contributed by atoms with Crippen LogP contribution in [-0.4, -0.2) is 32.7 Å². The van der Waals surface area contributed by atoms with Crippen molar-refractivity contribution in [3.63, 3.8) is 0 Å². The zero-order chi connectivity index (χ0) is 15.9. The fraction of sp³-hybridized carbons (Fsp3) is 0.200. The Kier molecular flexibility index (Phi) is 5.37. The predicted molar refractivity (Wildman–Crippen MR) is 82.8 cm³/mol. The normalized spacial score (nSPS) is 9.91. The number of benzene rings is 1. The monoisotopic (exact) mass is 321 g/mol. The van der Waals surface area contributed by atoms with Gasteiger partial charge in [-0.05, 0) is 23.6 Å². The lowest BCUT2D eigenvalue weighted by Gasteiger charge is -2.10. The van der Waals surface area contributed by atoms with E-state index in [4.69, 9.17) is 14.2 Å². The highest BCUT2D eigenvalue weighted by Crippen LogP contribution is 2.29.